The molecule has 22 heavy (non-hydrogen) atoms. The molecule has 3 aromatic rings. The van der Waals surface area contributed by atoms with Gasteiger partial charge in [-0.1, -0.05) is 80.6 Å². The van der Waals surface area contributed by atoms with Gasteiger partial charge in [0.1, 0.15) is 0 Å². The van der Waals surface area contributed by atoms with Crippen LogP contribution in [0.1, 0.15) is 36.5 Å². The summed E-state index contributed by atoms with van der Waals surface area (Å²) >= 11 is 0. The molecule has 0 saturated heterocycles. The van der Waals surface area contributed by atoms with Gasteiger partial charge in [-0.2, -0.15) is 0 Å². The largest absolute Gasteiger partial charge is 0.0795 e. The van der Waals surface area contributed by atoms with Crippen LogP contribution in [0.3, 0.4) is 0 Å². The molecule has 108 valence electrons. The molecule has 0 amide bonds. The second-order valence-corrected chi connectivity index (χ2v) is 6.42. The van der Waals surface area contributed by atoms with Crippen LogP contribution in [0.4, 0.5) is 0 Å². The molecule has 0 saturated carbocycles. The Morgan fingerprint density at radius 3 is 2.55 bits per heavy atom. The summed E-state index contributed by atoms with van der Waals surface area (Å²) in [6.45, 7) is 4.54. The fourth-order valence-corrected chi connectivity index (χ4v) is 3.43. The zero-order valence-corrected chi connectivity index (χ0v) is 13.1. The highest BCUT2D eigenvalue weighted by Crippen LogP contribution is 2.37. The smallest absolute Gasteiger partial charge is 0.00820 e. The molecule has 0 atom stereocenters. The first-order valence-electron chi connectivity index (χ1n) is 8.05. The molecule has 1 aliphatic rings. The van der Waals surface area contributed by atoms with Crippen LogP contribution in [-0.4, -0.2) is 0 Å². The molecule has 4 rings (SSSR count). The zero-order valence-electron chi connectivity index (χ0n) is 13.1. The Morgan fingerprint density at radius 1 is 0.864 bits per heavy atom. The minimum Gasteiger partial charge on any atom is -0.0795 e. The van der Waals surface area contributed by atoms with Crippen molar-refractivity contribution in [1.82, 2.24) is 0 Å². The van der Waals surface area contributed by atoms with Crippen LogP contribution < -0.4 is 0 Å². The highest BCUT2D eigenvalue weighted by atomic mass is 14.2. The topological polar surface area (TPSA) is 0 Å². The number of allylic oxidation sites excluding steroid dienone is 1. The molecule has 0 bridgehead atoms. The first-order chi connectivity index (χ1) is 10.7. The Bertz CT molecular complexity index is 876. The Morgan fingerprint density at radius 2 is 1.68 bits per heavy atom. The van der Waals surface area contributed by atoms with Crippen LogP contribution in [-0.2, 0) is 6.42 Å². The van der Waals surface area contributed by atoms with Crippen molar-refractivity contribution >= 4 is 16.8 Å². The van der Waals surface area contributed by atoms with E-state index in [4.69, 9.17) is 0 Å². The molecule has 0 aromatic heterocycles. The molecule has 0 N–H and O–H groups in total. The average molecular weight is 284 g/mol. The lowest BCUT2D eigenvalue weighted by Crippen LogP contribution is -1.95. The van der Waals surface area contributed by atoms with Gasteiger partial charge in [-0.15, -0.1) is 0 Å². The third kappa shape index (κ3) is 2.07. The molecule has 0 heteroatoms. The van der Waals surface area contributed by atoms with Crippen LogP contribution in [0, 0.1) is 0 Å². The highest BCUT2D eigenvalue weighted by molar-refractivity contribution is 5.98. The maximum Gasteiger partial charge on any atom is -0.00820 e. The predicted molar refractivity (Wildman–Crippen MR) is 96.2 cm³/mol. The van der Waals surface area contributed by atoms with Crippen molar-refractivity contribution in [3.63, 3.8) is 0 Å². The van der Waals surface area contributed by atoms with E-state index in [0.717, 1.165) is 6.42 Å². The summed E-state index contributed by atoms with van der Waals surface area (Å²) in [5.41, 5.74) is 7.06. The van der Waals surface area contributed by atoms with E-state index in [1.165, 1.54) is 38.6 Å². The molecule has 1 aliphatic carbocycles. The van der Waals surface area contributed by atoms with Crippen LogP contribution in [0.5, 0.6) is 0 Å². The average Bonchev–Trinajstić information content (AvgIpc) is 3.02. The summed E-state index contributed by atoms with van der Waals surface area (Å²) in [6.07, 6.45) is 5.60. The molecule has 0 nitrogen and oxygen atoms in total. The second-order valence-electron chi connectivity index (χ2n) is 6.42. The van der Waals surface area contributed by atoms with Gasteiger partial charge in [0.05, 0.1) is 0 Å². The number of rotatable bonds is 2. The van der Waals surface area contributed by atoms with Crippen molar-refractivity contribution in [3.05, 3.63) is 77.4 Å². The molecule has 0 fully saturated rings. The van der Waals surface area contributed by atoms with Gasteiger partial charge in [-0.05, 0) is 50.9 Å². The van der Waals surface area contributed by atoms with Gasteiger partial charge in [0.25, 0.3) is 0 Å². The molecule has 0 radical (unpaired) electrons. The molecule has 3 aromatic carbocycles. The highest BCUT2D eigenvalue weighted by Gasteiger charge is 2.16. The Balaban J connectivity index is 2.03. The van der Waals surface area contributed by atoms with E-state index in [1.807, 2.05) is 0 Å². The molecular weight excluding hydrogens is 264 g/mol. The Hall–Kier alpha value is -2.34. The Labute approximate surface area is 132 Å². The number of hydrogen-bond donors (Lipinski definition) is 0. The summed E-state index contributed by atoms with van der Waals surface area (Å²) in [4.78, 5) is 0. The summed E-state index contributed by atoms with van der Waals surface area (Å²) in [7, 11) is 0. The van der Waals surface area contributed by atoms with Crippen LogP contribution in [0.15, 0.2) is 60.7 Å². The maximum absolute atomic E-state index is 2.40. The second kappa shape index (κ2) is 5.14. The van der Waals surface area contributed by atoms with E-state index in [9.17, 15) is 0 Å². The number of hydrogen-bond acceptors (Lipinski definition) is 0. The summed E-state index contributed by atoms with van der Waals surface area (Å²) in [6, 6.07) is 20.1. The normalized spacial score (nSPS) is 13.0. The predicted octanol–water partition coefficient (Wildman–Crippen LogP) is 6.20. The number of fused-ring (bicyclic) bond motifs is 2. The first kappa shape index (κ1) is 13.3. The first-order valence-corrected chi connectivity index (χ1v) is 8.05. The van der Waals surface area contributed by atoms with Crippen LogP contribution in [0.25, 0.3) is 28.0 Å². The van der Waals surface area contributed by atoms with Gasteiger partial charge < -0.3 is 0 Å². The molecule has 0 spiro atoms. The lowest BCUT2D eigenvalue weighted by atomic mass is 9.88. The van der Waals surface area contributed by atoms with Crippen molar-refractivity contribution in [3.8, 4) is 11.1 Å². The van der Waals surface area contributed by atoms with Crippen LogP contribution in [0.2, 0.25) is 0 Å². The third-order valence-electron chi connectivity index (χ3n) is 4.67. The van der Waals surface area contributed by atoms with Gasteiger partial charge in [0.15, 0.2) is 0 Å². The third-order valence-corrected chi connectivity index (χ3v) is 4.67. The lowest BCUT2D eigenvalue weighted by molar-refractivity contribution is 0.866. The number of benzene rings is 3. The summed E-state index contributed by atoms with van der Waals surface area (Å²) in [5.74, 6) is 0.549. The van der Waals surface area contributed by atoms with Crippen molar-refractivity contribution in [2.75, 3.05) is 0 Å². The van der Waals surface area contributed by atoms with Crippen molar-refractivity contribution in [2.45, 2.75) is 26.2 Å². The van der Waals surface area contributed by atoms with E-state index in [0.29, 0.717) is 5.92 Å². The molecule has 0 aliphatic heterocycles. The van der Waals surface area contributed by atoms with Gasteiger partial charge in [-0.3, -0.25) is 0 Å². The van der Waals surface area contributed by atoms with Crippen molar-refractivity contribution in [2.24, 2.45) is 0 Å². The van der Waals surface area contributed by atoms with E-state index >= 15 is 0 Å². The fraction of sp³-hybridized carbons (Fsp3) is 0.182. The van der Waals surface area contributed by atoms with E-state index in [2.05, 4.69) is 80.6 Å². The van der Waals surface area contributed by atoms with E-state index in [1.54, 1.807) is 0 Å². The van der Waals surface area contributed by atoms with E-state index in [-0.39, 0.29) is 0 Å². The zero-order chi connectivity index (χ0) is 15.1. The molecular formula is C22H20. The molecule has 0 unspecified atom stereocenters. The van der Waals surface area contributed by atoms with Crippen molar-refractivity contribution < 1.29 is 0 Å². The standard InChI is InChI=1S/C22H20/c1-15(2)18-13-17-9-6-11-20(17)22(14-18)21-12-5-8-16-7-3-4-10-19(16)21/h3-10,12-15H,11H2,1-2H3. The van der Waals surface area contributed by atoms with Gasteiger partial charge in [0.2, 0.25) is 0 Å². The van der Waals surface area contributed by atoms with Gasteiger partial charge in [-0.25, -0.2) is 0 Å². The minimum atomic E-state index is 0.549. The minimum absolute atomic E-state index is 0.549. The monoisotopic (exact) mass is 284 g/mol. The quantitative estimate of drug-likeness (QED) is 0.525. The summed E-state index contributed by atoms with van der Waals surface area (Å²) in [5, 5.41) is 2.66. The fourth-order valence-electron chi connectivity index (χ4n) is 3.43. The molecule has 0 heterocycles. The maximum atomic E-state index is 2.40. The SMILES string of the molecule is CC(C)c1cc2c(c(-c3cccc4ccccc34)c1)CC=C2. The summed E-state index contributed by atoms with van der Waals surface area (Å²) < 4.78 is 0. The Kier molecular flexibility index (Phi) is 3.11. The van der Waals surface area contributed by atoms with Gasteiger partial charge >= 0.3 is 0 Å². The lowest BCUT2D eigenvalue weighted by Gasteiger charge is -2.16. The van der Waals surface area contributed by atoms with Crippen molar-refractivity contribution in [1.29, 1.82) is 0 Å². The van der Waals surface area contributed by atoms with Crippen LogP contribution >= 0.6 is 0 Å². The van der Waals surface area contributed by atoms with E-state index < -0.39 is 0 Å². The van der Waals surface area contributed by atoms with Gasteiger partial charge in [0, 0.05) is 0 Å².